The Bertz CT molecular complexity index is 718. The Morgan fingerprint density at radius 1 is 0.960 bits per heavy atom. The quantitative estimate of drug-likeness (QED) is 0.793. The van der Waals surface area contributed by atoms with Gasteiger partial charge in [0.05, 0.1) is 27.4 Å². The topological polar surface area (TPSA) is 39.7 Å². The highest BCUT2D eigenvalue weighted by molar-refractivity contribution is 6.20. The van der Waals surface area contributed by atoms with Crippen molar-refractivity contribution in [3.05, 3.63) is 47.5 Å². The van der Waals surface area contributed by atoms with Crippen molar-refractivity contribution >= 4 is 17.3 Å². The van der Waals surface area contributed by atoms with Crippen LogP contribution in [-0.4, -0.2) is 26.7 Å². The maximum Gasteiger partial charge on any atom is 0.162 e. The van der Waals surface area contributed by atoms with Crippen molar-refractivity contribution in [1.29, 1.82) is 0 Å². The van der Waals surface area contributed by atoms with Gasteiger partial charge in [-0.25, -0.2) is 0 Å². The molecule has 0 aliphatic carbocycles. The molecule has 5 heteroatoms. The highest BCUT2D eigenvalue weighted by Crippen LogP contribution is 2.39. The molecule has 4 nitrogen and oxygen atoms in total. The van der Waals surface area contributed by atoms with Gasteiger partial charge in [0.25, 0.3) is 0 Å². The number of aryl methyl sites for hydroxylation is 1. The van der Waals surface area contributed by atoms with E-state index in [0.717, 1.165) is 42.2 Å². The molecule has 0 aromatic heterocycles. The molecule has 0 bridgehead atoms. The van der Waals surface area contributed by atoms with Gasteiger partial charge in [-0.15, -0.1) is 11.6 Å². The zero-order valence-electron chi connectivity index (χ0n) is 14.8. The van der Waals surface area contributed by atoms with E-state index in [-0.39, 0.29) is 11.4 Å². The summed E-state index contributed by atoms with van der Waals surface area (Å²) < 4.78 is 16.2. The Morgan fingerprint density at radius 3 is 2.28 bits per heavy atom. The predicted molar refractivity (Wildman–Crippen MR) is 101 cm³/mol. The Kier molecular flexibility index (Phi) is 5.59. The molecule has 0 saturated carbocycles. The lowest BCUT2D eigenvalue weighted by Crippen LogP contribution is -2.20. The summed E-state index contributed by atoms with van der Waals surface area (Å²) in [5.41, 5.74) is 3.46. The Labute approximate surface area is 154 Å². The Balaban J connectivity index is 1.96. The van der Waals surface area contributed by atoms with Gasteiger partial charge in [0.15, 0.2) is 11.5 Å². The highest BCUT2D eigenvalue weighted by Gasteiger charge is 2.23. The smallest absolute Gasteiger partial charge is 0.162 e. The van der Waals surface area contributed by atoms with Gasteiger partial charge in [-0.05, 0) is 48.6 Å². The maximum absolute atomic E-state index is 6.57. The SMILES string of the molecule is COc1ccc(C2C[C@@H](Cl)CCc3cc(OC)c(OC)cc3N2)cc1. The van der Waals surface area contributed by atoms with Gasteiger partial charge in [0.2, 0.25) is 0 Å². The van der Waals surface area contributed by atoms with Crippen LogP contribution in [0.3, 0.4) is 0 Å². The van der Waals surface area contributed by atoms with E-state index in [1.165, 1.54) is 11.1 Å². The molecule has 3 rings (SSSR count). The molecule has 2 aromatic rings. The normalized spacial score (nSPS) is 19.8. The van der Waals surface area contributed by atoms with Crippen LogP contribution in [-0.2, 0) is 6.42 Å². The molecule has 2 aromatic carbocycles. The first-order valence-electron chi connectivity index (χ1n) is 8.44. The van der Waals surface area contributed by atoms with Crippen LogP contribution in [0.25, 0.3) is 0 Å². The predicted octanol–water partition coefficient (Wildman–Crippen LogP) is 4.81. The van der Waals surface area contributed by atoms with E-state index < -0.39 is 0 Å². The van der Waals surface area contributed by atoms with Crippen LogP contribution in [0.2, 0.25) is 0 Å². The number of nitrogens with one attached hydrogen (secondary N) is 1. The van der Waals surface area contributed by atoms with E-state index >= 15 is 0 Å². The molecule has 1 aliphatic rings. The van der Waals surface area contributed by atoms with Crippen LogP contribution in [0.4, 0.5) is 5.69 Å². The first-order chi connectivity index (χ1) is 12.1. The molecule has 0 fully saturated rings. The Hall–Kier alpha value is -2.07. The van der Waals surface area contributed by atoms with Crippen LogP contribution in [0.5, 0.6) is 17.2 Å². The van der Waals surface area contributed by atoms with Crippen LogP contribution in [0.1, 0.15) is 30.0 Å². The molecule has 0 radical (unpaired) electrons. The summed E-state index contributed by atoms with van der Waals surface area (Å²) in [6.45, 7) is 0. The third kappa shape index (κ3) is 3.96. The van der Waals surface area contributed by atoms with Gasteiger partial charge >= 0.3 is 0 Å². The second kappa shape index (κ2) is 7.87. The lowest BCUT2D eigenvalue weighted by atomic mass is 9.94. The second-order valence-electron chi connectivity index (χ2n) is 6.21. The number of hydrogen-bond donors (Lipinski definition) is 1. The van der Waals surface area contributed by atoms with Gasteiger partial charge in [-0.1, -0.05) is 12.1 Å². The molecule has 0 amide bonds. The summed E-state index contributed by atoms with van der Waals surface area (Å²) >= 11 is 6.57. The van der Waals surface area contributed by atoms with Gasteiger partial charge in [0.1, 0.15) is 5.75 Å². The molecule has 1 unspecified atom stereocenters. The molecule has 134 valence electrons. The summed E-state index contributed by atoms with van der Waals surface area (Å²) in [7, 11) is 4.99. The minimum atomic E-state index is 0.112. The third-order valence-corrected chi connectivity index (χ3v) is 5.07. The van der Waals surface area contributed by atoms with Crippen molar-refractivity contribution in [3.8, 4) is 17.2 Å². The number of halogens is 1. The van der Waals surface area contributed by atoms with Crippen LogP contribution >= 0.6 is 11.6 Å². The monoisotopic (exact) mass is 361 g/mol. The number of ether oxygens (including phenoxy) is 3. The fraction of sp³-hybridized carbons (Fsp3) is 0.400. The van der Waals surface area contributed by atoms with E-state index in [2.05, 4.69) is 17.4 Å². The zero-order valence-corrected chi connectivity index (χ0v) is 15.6. The van der Waals surface area contributed by atoms with E-state index in [1.54, 1.807) is 21.3 Å². The van der Waals surface area contributed by atoms with Crippen LogP contribution < -0.4 is 19.5 Å². The summed E-state index contributed by atoms with van der Waals surface area (Å²) in [4.78, 5) is 0. The number of anilines is 1. The molecule has 1 aliphatic heterocycles. The molecular formula is C20H24ClNO3. The van der Waals surface area contributed by atoms with Crippen molar-refractivity contribution in [1.82, 2.24) is 0 Å². The first-order valence-corrected chi connectivity index (χ1v) is 8.87. The van der Waals surface area contributed by atoms with Crippen molar-refractivity contribution in [2.24, 2.45) is 0 Å². The average Bonchev–Trinajstić information content (AvgIpc) is 2.64. The number of rotatable bonds is 4. The summed E-state index contributed by atoms with van der Waals surface area (Å²) in [5.74, 6) is 2.32. The maximum atomic E-state index is 6.57. The van der Waals surface area contributed by atoms with Crippen molar-refractivity contribution in [3.63, 3.8) is 0 Å². The van der Waals surface area contributed by atoms with Crippen molar-refractivity contribution in [2.45, 2.75) is 30.7 Å². The number of benzene rings is 2. The van der Waals surface area contributed by atoms with E-state index in [4.69, 9.17) is 25.8 Å². The number of alkyl halides is 1. The molecule has 25 heavy (non-hydrogen) atoms. The van der Waals surface area contributed by atoms with E-state index in [9.17, 15) is 0 Å². The van der Waals surface area contributed by atoms with Gasteiger partial charge in [-0.2, -0.15) is 0 Å². The fourth-order valence-electron chi connectivity index (χ4n) is 3.25. The van der Waals surface area contributed by atoms with Crippen molar-refractivity contribution in [2.75, 3.05) is 26.6 Å². The average molecular weight is 362 g/mol. The minimum absolute atomic E-state index is 0.112. The minimum Gasteiger partial charge on any atom is -0.497 e. The molecule has 1 N–H and O–H groups in total. The summed E-state index contributed by atoms with van der Waals surface area (Å²) in [5, 5.41) is 3.76. The lowest BCUT2D eigenvalue weighted by Gasteiger charge is -2.28. The highest BCUT2D eigenvalue weighted by atomic mass is 35.5. The summed E-state index contributed by atoms with van der Waals surface area (Å²) in [6, 6.07) is 12.3. The summed E-state index contributed by atoms with van der Waals surface area (Å²) in [6.07, 6.45) is 2.70. The zero-order chi connectivity index (χ0) is 17.8. The lowest BCUT2D eigenvalue weighted by molar-refractivity contribution is 0.354. The second-order valence-corrected chi connectivity index (χ2v) is 6.82. The largest absolute Gasteiger partial charge is 0.497 e. The van der Waals surface area contributed by atoms with Crippen LogP contribution in [0, 0.1) is 0 Å². The number of hydrogen-bond acceptors (Lipinski definition) is 4. The van der Waals surface area contributed by atoms with Gasteiger partial charge in [-0.3, -0.25) is 0 Å². The van der Waals surface area contributed by atoms with Crippen LogP contribution in [0.15, 0.2) is 36.4 Å². The molecule has 2 atom stereocenters. The molecule has 1 heterocycles. The van der Waals surface area contributed by atoms with Crippen molar-refractivity contribution < 1.29 is 14.2 Å². The van der Waals surface area contributed by atoms with E-state index in [0.29, 0.717) is 0 Å². The van der Waals surface area contributed by atoms with Gasteiger partial charge in [0, 0.05) is 17.1 Å². The molecule has 0 spiro atoms. The molecular weight excluding hydrogens is 338 g/mol. The number of methoxy groups -OCH3 is 3. The fourth-order valence-corrected chi connectivity index (χ4v) is 3.54. The third-order valence-electron chi connectivity index (χ3n) is 4.68. The molecule has 0 saturated heterocycles. The number of fused-ring (bicyclic) bond motifs is 1. The van der Waals surface area contributed by atoms with E-state index in [1.807, 2.05) is 24.3 Å². The Morgan fingerprint density at radius 2 is 1.64 bits per heavy atom. The first kappa shape index (κ1) is 17.7. The standard InChI is InChI=1S/C20H24ClNO3/c1-23-16-8-5-13(6-9-16)17-11-15(21)7-4-14-10-19(24-2)20(25-3)12-18(14)22-17/h5-6,8-10,12,15,17,22H,4,7,11H2,1-3H3/t15-,17?/m0/s1. The van der Waals surface area contributed by atoms with Gasteiger partial charge < -0.3 is 19.5 Å².